The molecule has 0 radical (unpaired) electrons. The molecule has 0 bridgehead atoms. The first-order chi connectivity index (χ1) is 18.4. The van der Waals surface area contributed by atoms with E-state index in [9.17, 15) is 18.0 Å². The van der Waals surface area contributed by atoms with Gasteiger partial charge in [-0.15, -0.1) is 0 Å². The molecule has 0 atom stereocenters. The van der Waals surface area contributed by atoms with Gasteiger partial charge in [-0.25, -0.2) is 13.1 Å². The molecule has 0 aromatic heterocycles. The van der Waals surface area contributed by atoms with Crippen molar-refractivity contribution >= 4 is 49.9 Å². The zero-order valence-electron chi connectivity index (χ0n) is 22.1. The average molecular weight is 566 g/mol. The van der Waals surface area contributed by atoms with E-state index in [0.29, 0.717) is 39.9 Å². The van der Waals surface area contributed by atoms with Crippen molar-refractivity contribution in [2.24, 2.45) is 5.73 Å². The van der Waals surface area contributed by atoms with E-state index in [1.54, 1.807) is 93.6 Å². The predicted octanol–water partition coefficient (Wildman–Crippen LogP) is 5.93. The molecule has 4 N–H and O–H groups in total. The molecule has 7 nitrogen and oxygen atoms in total. The first kappa shape index (κ1) is 29.8. The van der Waals surface area contributed by atoms with E-state index >= 15 is 0 Å². The minimum Gasteiger partial charge on any atom is -0.366 e. The number of sulfonamides is 1. The molecule has 0 aliphatic rings. The van der Waals surface area contributed by atoms with Crippen LogP contribution in [0.2, 0.25) is 5.02 Å². The second-order valence-corrected chi connectivity index (χ2v) is 12.0. The summed E-state index contributed by atoms with van der Waals surface area (Å²) in [6, 6.07) is 26.5. The number of carbonyl (C=O) groups excluding carboxylic acids is 2. The summed E-state index contributed by atoms with van der Waals surface area (Å²) in [6.45, 7) is 5.38. The highest BCUT2D eigenvalue weighted by atomic mass is 35.5. The first-order valence-electron chi connectivity index (χ1n) is 12.3. The maximum absolute atomic E-state index is 12.9. The molecular weight excluding hydrogens is 534 g/mol. The second-order valence-electron chi connectivity index (χ2n) is 9.92. The first-order valence-corrected chi connectivity index (χ1v) is 14.2. The number of amides is 2. The number of anilines is 1. The van der Waals surface area contributed by atoms with Gasteiger partial charge in [0.1, 0.15) is 0 Å². The van der Waals surface area contributed by atoms with Gasteiger partial charge in [-0.05, 0) is 69.2 Å². The van der Waals surface area contributed by atoms with E-state index < -0.39 is 15.6 Å². The maximum atomic E-state index is 12.9. The van der Waals surface area contributed by atoms with Crippen molar-refractivity contribution in [1.29, 1.82) is 0 Å². The summed E-state index contributed by atoms with van der Waals surface area (Å²) >= 11 is 5.89. The van der Waals surface area contributed by atoms with E-state index in [1.807, 2.05) is 18.2 Å². The van der Waals surface area contributed by atoms with Crippen molar-refractivity contribution in [2.45, 2.75) is 44.0 Å². The molecule has 0 spiro atoms. The largest absolute Gasteiger partial charge is 0.366 e. The molecule has 39 heavy (non-hydrogen) atoms. The van der Waals surface area contributed by atoms with Crippen LogP contribution in [0.4, 0.5) is 5.69 Å². The van der Waals surface area contributed by atoms with Crippen LogP contribution in [0.1, 0.15) is 43.1 Å². The molecule has 0 aliphatic carbocycles. The van der Waals surface area contributed by atoms with Gasteiger partial charge in [0.2, 0.25) is 21.8 Å². The highest BCUT2D eigenvalue weighted by Gasteiger charge is 2.24. The lowest BCUT2D eigenvalue weighted by atomic mass is 10.1. The minimum absolute atomic E-state index is 0.140. The zero-order valence-corrected chi connectivity index (χ0v) is 23.6. The Balaban J connectivity index is 0.000000395. The number of nitrogens with two attached hydrogens (primary N) is 1. The number of aryl methyl sites for hydroxylation is 1. The summed E-state index contributed by atoms with van der Waals surface area (Å²) in [5.74, 6) is -0.519. The van der Waals surface area contributed by atoms with Crippen LogP contribution < -0.4 is 15.8 Å². The number of hydrogen-bond acceptors (Lipinski definition) is 4. The number of nitrogens with one attached hydrogen (secondary N) is 2. The Morgan fingerprint density at radius 3 is 2.03 bits per heavy atom. The number of fused-ring (bicyclic) bond motifs is 1. The van der Waals surface area contributed by atoms with E-state index in [-0.39, 0.29) is 16.7 Å². The number of hydrogen-bond donors (Lipinski definition) is 3. The van der Waals surface area contributed by atoms with Crippen molar-refractivity contribution in [1.82, 2.24) is 4.72 Å². The Morgan fingerprint density at radius 2 is 1.44 bits per heavy atom. The second kappa shape index (κ2) is 12.9. The number of halogens is 1. The van der Waals surface area contributed by atoms with E-state index in [2.05, 4.69) is 10.0 Å². The number of primary amides is 1. The van der Waals surface area contributed by atoms with Gasteiger partial charge in [-0.1, -0.05) is 66.2 Å². The molecule has 0 fully saturated rings. The third-order valence-corrected chi connectivity index (χ3v) is 7.57. The molecule has 0 saturated carbocycles. The number of rotatable bonds is 7. The monoisotopic (exact) mass is 565 g/mol. The molecule has 4 aromatic carbocycles. The Labute approximate surface area is 234 Å². The highest BCUT2D eigenvalue weighted by Crippen LogP contribution is 2.29. The van der Waals surface area contributed by atoms with E-state index in [0.717, 1.165) is 5.56 Å². The van der Waals surface area contributed by atoms with Gasteiger partial charge >= 0.3 is 0 Å². The smallest absolute Gasteiger partial charge is 0.248 e. The van der Waals surface area contributed by atoms with Crippen molar-refractivity contribution < 1.29 is 18.0 Å². The topological polar surface area (TPSA) is 118 Å². The summed E-state index contributed by atoms with van der Waals surface area (Å²) < 4.78 is 28.4. The third kappa shape index (κ3) is 8.92. The van der Waals surface area contributed by atoms with Gasteiger partial charge in [-0.3, -0.25) is 9.59 Å². The molecule has 0 aliphatic heterocycles. The molecule has 0 heterocycles. The fourth-order valence-corrected chi connectivity index (χ4v) is 5.57. The van der Waals surface area contributed by atoms with Crippen LogP contribution in [0.3, 0.4) is 0 Å². The Hall–Kier alpha value is -3.72. The van der Waals surface area contributed by atoms with Crippen molar-refractivity contribution in [3.05, 3.63) is 107 Å². The van der Waals surface area contributed by atoms with Gasteiger partial charge in [0.05, 0.1) is 4.90 Å². The molecule has 9 heteroatoms. The van der Waals surface area contributed by atoms with Crippen LogP contribution in [0.5, 0.6) is 0 Å². The maximum Gasteiger partial charge on any atom is 0.248 e. The Kier molecular flexibility index (Phi) is 9.86. The van der Waals surface area contributed by atoms with Crippen LogP contribution in [0, 0.1) is 0 Å². The normalized spacial score (nSPS) is 11.4. The van der Waals surface area contributed by atoms with Crippen LogP contribution in [-0.4, -0.2) is 25.8 Å². The predicted molar refractivity (Wildman–Crippen MR) is 157 cm³/mol. The van der Waals surface area contributed by atoms with Gasteiger partial charge in [0, 0.05) is 39.0 Å². The lowest BCUT2D eigenvalue weighted by molar-refractivity contribution is -0.116. The minimum atomic E-state index is -3.71. The summed E-state index contributed by atoms with van der Waals surface area (Å²) in [5.41, 5.74) is 6.53. The van der Waals surface area contributed by atoms with Crippen molar-refractivity contribution in [3.8, 4) is 0 Å². The number of benzene rings is 4. The van der Waals surface area contributed by atoms with Crippen molar-refractivity contribution in [2.75, 3.05) is 5.32 Å². The summed E-state index contributed by atoms with van der Waals surface area (Å²) in [7, 11) is -3.71. The molecule has 4 rings (SSSR count). The summed E-state index contributed by atoms with van der Waals surface area (Å²) in [6.07, 6.45) is 0.893. The Bertz CT molecular complexity index is 1550. The quantitative estimate of drug-likeness (QED) is 0.257. The molecule has 0 unspecified atom stereocenters. The fraction of sp³-hybridized carbons (Fsp3) is 0.200. The van der Waals surface area contributed by atoms with Gasteiger partial charge in [0.15, 0.2) is 0 Å². The van der Waals surface area contributed by atoms with Gasteiger partial charge in [0.25, 0.3) is 0 Å². The summed E-state index contributed by atoms with van der Waals surface area (Å²) in [4.78, 5) is 23.1. The van der Waals surface area contributed by atoms with Crippen LogP contribution in [-0.2, 0) is 21.2 Å². The SMILES string of the molecule is CC(C)(C)NS(=O)(=O)c1cccc2c(NC(=O)CCc3ccc(Cl)cc3)cccc12.NC(=O)c1ccccc1. The van der Waals surface area contributed by atoms with Crippen molar-refractivity contribution in [3.63, 3.8) is 0 Å². The van der Waals surface area contributed by atoms with Crippen LogP contribution in [0.15, 0.2) is 95.9 Å². The lowest BCUT2D eigenvalue weighted by Crippen LogP contribution is -2.40. The Morgan fingerprint density at radius 1 is 0.821 bits per heavy atom. The standard InChI is InChI=1S/C23H25ClN2O3S.C7H7NO/c1-23(2,3)26-30(28,29)21-9-5-6-18-19(21)7-4-8-20(18)25-22(27)15-12-16-10-13-17(24)14-11-16;8-7(9)6-4-2-1-3-5-6/h4-11,13-14,26H,12,15H2,1-3H3,(H,25,27);1-5H,(H2,8,9). The third-order valence-electron chi connectivity index (χ3n) is 5.50. The molecule has 0 saturated heterocycles. The fourth-order valence-electron chi connectivity index (χ4n) is 3.81. The zero-order chi connectivity index (χ0) is 28.6. The van der Waals surface area contributed by atoms with Gasteiger partial charge < -0.3 is 11.1 Å². The molecule has 204 valence electrons. The molecule has 4 aromatic rings. The average Bonchev–Trinajstić information content (AvgIpc) is 2.88. The van der Waals surface area contributed by atoms with E-state index in [4.69, 9.17) is 17.3 Å². The van der Waals surface area contributed by atoms with Crippen LogP contribution >= 0.6 is 11.6 Å². The molecular formula is C30H32ClN3O4S. The van der Waals surface area contributed by atoms with Crippen LogP contribution in [0.25, 0.3) is 10.8 Å². The highest BCUT2D eigenvalue weighted by molar-refractivity contribution is 7.89. The molecule has 2 amide bonds. The summed E-state index contributed by atoms with van der Waals surface area (Å²) in [5, 5.41) is 4.81. The van der Waals surface area contributed by atoms with E-state index in [1.165, 1.54) is 0 Å². The lowest BCUT2D eigenvalue weighted by Gasteiger charge is -2.21. The van der Waals surface area contributed by atoms with Gasteiger partial charge in [-0.2, -0.15) is 0 Å². The number of carbonyl (C=O) groups is 2.